The average molecular weight is 236 g/mol. The Hall–Kier alpha value is -1.74. The molecule has 0 bridgehead atoms. The third-order valence-corrected chi connectivity index (χ3v) is 2.36. The number of aromatic nitrogens is 1. The van der Waals surface area contributed by atoms with Gasteiger partial charge in [0.25, 0.3) is 5.24 Å². The molecule has 0 unspecified atom stereocenters. The largest absolute Gasteiger partial charge is 0.276 e. The van der Waals surface area contributed by atoms with Crippen LogP contribution in [0.5, 0.6) is 0 Å². The molecule has 80 valence electrons. The molecule has 0 N–H and O–H groups in total. The highest BCUT2D eigenvalue weighted by Crippen LogP contribution is 2.20. The molecule has 1 heterocycles. The predicted octanol–water partition coefficient (Wildman–Crippen LogP) is 3.27. The SMILES string of the molecule is O=C(Cl)c1cncc(-c2ccc(F)cc2)c1. The maximum atomic E-state index is 12.7. The molecule has 2 aromatic rings. The quantitative estimate of drug-likeness (QED) is 0.748. The van der Waals surface area contributed by atoms with Crippen molar-refractivity contribution in [2.75, 3.05) is 0 Å². The zero-order valence-corrected chi connectivity index (χ0v) is 8.91. The van der Waals surface area contributed by atoms with Crippen molar-refractivity contribution >= 4 is 16.8 Å². The van der Waals surface area contributed by atoms with Gasteiger partial charge >= 0.3 is 0 Å². The van der Waals surface area contributed by atoms with Crippen molar-refractivity contribution in [1.82, 2.24) is 4.98 Å². The van der Waals surface area contributed by atoms with Crippen LogP contribution in [0.15, 0.2) is 42.7 Å². The van der Waals surface area contributed by atoms with Gasteiger partial charge in [-0.15, -0.1) is 0 Å². The zero-order chi connectivity index (χ0) is 11.5. The molecule has 0 saturated carbocycles. The Balaban J connectivity index is 2.44. The second-order valence-corrected chi connectivity index (χ2v) is 3.59. The van der Waals surface area contributed by atoms with E-state index in [2.05, 4.69) is 4.98 Å². The first-order valence-electron chi connectivity index (χ1n) is 4.57. The molecule has 0 aliphatic rings. The molecule has 0 aliphatic carbocycles. The Labute approximate surface area is 96.7 Å². The van der Waals surface area contributed by atoms with Gasteiger partial charge in [0.15, 0.2) is 0 Å². The standard InChI is InChI=1S/C12H7ClFNO/c13-12(16)10-5-9(6-15-7-10)8-1-3-11(14)4-2-8/h1-7H. The van der Waals surface area contributed by atoms with Gasteiger partial charge < -0.3 is 0 Å². The summed E-state index contributed by atoms with van der Waals surface area (Å²) in [6.45, 7) is 0. The van der Waals surface area contributed by atoms with Crippen LogP contribution in [0.2, 0.25) is 0 Å². The van der Waals surface area contributed by atoms with E-state index in [1.54, 1.807) is 24.4 Å². The van der Waals surface area contributed by atoms with Gasteiger partial charge in [0.2, 0.25) is 0 Å². The third kappa shape index (κ3) is 2.25. The number of nitrogens with zero attached hydrogens (tertiary/aromatic N) is 1. The Kier molecular flexibility index (Phi) is 2.97. The van der Waals surface area contributed by atoms with Crippen LogP contribution in [0.25, 0.3) is 11.1 Å². The van der Waals surface area contributed by atoms with Crippen molar-refractivity contribution in [3.63, 3.8) is 0 Å². The van der Waals surface area contributed by atoms with Crippen LogP contribution in [-0.2, 0) is 0 Å². The Morgan fingerprint density at radius 3 is 2.44 bits per heavy atom. The molecule has 4 heteroatoms. The van der Waals surface area contributed by atoms with E-state index in [4.69, 9.17) is 11.6 Å². The predicted molar refractivity (Wildman–Crippen MR) is 59.8 cm³/mol. The summed E-state index contributed by atoms with van der Waals surface area (Å²) in [5.74, 6) is -0.304. The van der Waals surface area contributed by atoms with Crippen LogP contribution >= 0.6 is 11.6 Å². The minimum Gasteiger partial charge on any atom is -0.276 e. The fourth-order valence-electron chi connectivity index (χ4n) is 1.35. The summed E-state index contributed by atoms with van der Waals surface area (Å²) < 4.78 is 12.7. The highest BCUT2D eigenvalue weighted by Gasteiger charge is 2.04. The van der Waals surface area contributed by atoms with Crippen molar-refractivity contribution < 1.29 is 9.18 Å². The zero-order valence-electron chi connectivity index (χ0n) is 8.15. The van der Waals surface area contributed by atoms with E-state index in [0.717, 1.165) is 11.1 Å². The van der Waals surface area contributed by atoms with Gasteiger partial charge in [-0.25, -0.2) is 4.39 Å². The summed E-state index contributed by atoms with van der Waals surface area (Å²) in [6, 6.07) is 7.56. The first kappa shape index (κ1) is 10.8. The molecule has 2 rings (SSSR count). The molecule has 0 fully saturated rings. The number of halogens is 2. The average Bonchev–Trinajstić information content (AvgIpc) is 2.30. The molecule has 1 aromatic heterocycles. The fourth-order valence-corrected chi connectivity index (χ4v) is 1.45. The number of hydrogen-bond donors (Lipinski definition) is 0. The highest BCUT2D eigenvalue weighted by molar-refractivity contribution is 6.67. The van der Waals surface area contributed by atoms with Crippen molar-refractivity contribution in [1.29, 1.82) is 0 Å². The topological polar surface area (TPSA) is 30.0 Å². The summed E-state index contributed by atoms with van der Waals surface area (Å²) in [5.41, 5.74) is 1.84. The normalized spacial score (nSPS) is 10.1. The van der Waals surface area contributed by atoms with Crippen molar-refractivity contribution in [3.05, 3.63) is 54.1 Å². The van der Waals surface area contributed by atoms with Gasteiger partial charge in [-0.05, 0) is 35.4 Å². The van der Waals surface area contributed by atoms with E-state index >= 15 is 0 Å². The van der Waals surface area contributed by atoms with Crippen LogP contribution in [0.3, 0.4) is 0 Å². The van der Waals surface area contributed by atoms with Gasteiger partial charge in [0.05, 0.1) is 5.56 Å². The molecule has 0 saturated heterocycles. The minimum atomic E-state index is -0.559. The maximum absolute atomic E-state index is 12.7. The van der Waals surface area contributed by atoms with Crippen LogP contribution in [-0.4, -0.2) is 10.2 Å². The molecule has 0 atom stereocenters. The smallest absolute Gasteiger partial charge is 0.253 e. The third-order valence-electron chi connectivity index (χ3n) is 2.14. The van der Waals surface area contributed by atoms with Gasteiger partial charge in [0.1, 0.15) is 5.82 Å². The lowest BCUT2D eigenvalue weighted by Gasteiger charge is -2.01. The van der Waals surface area contributed by atoms with Crippen molar-refractivity contribution in [3.8, 4) is 11.1 Å². The van der Waals surface area contributed by atoms with Crippen LogP contribution < -0.4 is 0 Å². The lowest BCUT2D eigenvalue weighted by Crippen LogP contribution is -1.91. The number of rotatable bonds is 2. The molecule has 0 aliphatic heterocycles. The molecule has 16 heavy (non-hydrogen) atoms. The summed E-state index contributed by atoms with van der Waals surface area (Å²) in [7, 11) is 0. The van der Waals surface area contributed by atoms with Crippen molar-refractivity contribution in [2.45, 2.75) is 0 Å². The molecule has 0 amide bonds. The second-order valence-electron chi connectivity index (χ2n) is 3.24. The molecule has 1 aromatic carbocycles. The summed E-state index contributed by atoms with van der Waals surface area (Å²) in [4.78, 5) is 14.9. The first-order chi connectivity index (χ1) is 7.66. The number of benzene rings is 1. The van der Waals surface area contributed by atoms with Crippen LogP contribution in [0.1, 0.15) is 10.4 Å². The molecule has 0 spiro atoms. The van der Waals surface area contributed by atoms with E-state index in [0.29, 0.717) is 5.56 Å². The lowest BCUT2D eigenvalue weighted by atomic mass is 10.1. The molecular weight excluding hydrogens is 229 g/mol. The van der Waals surface area contributed by atoms with E-state index < -0.39 is 5.24 Å². The van der Waals surface area contributed by atoms with Crippen molar-refractivity contribution in [2.24, 2.45) is 0 Å². The first-order valence-corrected chi connectivity index (χ1v) is 4.95. The van der Waals surface area contributed by atoms with Crippen LogP contribution in [0.4, 0.5) is 4.39 Å². The van der Waals surface area contributed by atoms with E-state index in [1.807, 2.05) is 0 Å². The van der Waals surface area contributed by atoms with Gasteiger partial charge in [-0.1, -0.05) is 12.1 Å². The Morgan fingerprint density at radius 1 is 1.12 bits per heavy atom. The number of pyridine rings is 1. The Bertz CT molecular complexity index is 525. The molecule has 2 nitrogen and oxygen atoms in total. The van der Waals surface area contributed by atoms with E-state index in [-0.39, 0.29) is 5.82 Å². The van der Waals surface area contributed by atoms with E-state index in [9.17, 15) is 9.18 Å². The second kappa shape index (κ2) is 4.41. The minimum absolute atomic E-state index is 0.304. The number of carbonyl (C=O) groups excluding carboxylic acids is 1. The molecule has 0 radical (unpaired) electrons. The molecular formula is C12H7ClFNO. The van der Waals surface area contributed by atoms with E-state index in [1.165, 1.54) is 18.3 Å². The number of hydrogen-bond acceptors (Lipinski definition) is 2. The van der Waals surface area contributed by atoms with Gasteiger partial charge in [-0.3, -0.25) is 9.78 Å². The lowest BCUT2D eigenvalue weighted by molar-refractivity contribution is 0.108. The fraction of sp³-hybridized carbons (Fsp3) is 0. The summed E-state index contributed by atoms with van der Waals surface area (Å²) in [5, 5.41) is -0.559. The Morgan fingerprint density at radius 2 is 1.81 bits per heavy atom. The highest BCUT2D eigenvalue weighted by atomic mass is 35.5. The monoisotopic (exact) mass is 235 g/mol. The summed E-state index contributed by atoms with van der Waals surface area (Å²) in [6.07, 6.45) is 2.99. The van der Waals surface area contributed by atoms with Gasteiger partial charge in [-0.2, -0.15) is 0 Å². The summed E-state index contributed by atoms with van der Waals surface area (Å²) >= 11 is 5.35. The van der Waals surface area contributed by atoms with Crippen LogP contribution in [0, 0.1) is 5.82 Å². The number of carbonyl (C=O) groups is 1. The van der Waals surface area contributed by atoms with Gasteiger partial charge in [0, 0.05) is 18.0 Å². The maximum Gasteiger partial charge on any atom is 0.253 e.